The second-order valence-corrected chi connectivity index (χ2v) is 6.06. The highest BCUT2D eigenvalue weighted by Crippen LogP contribution is 2.20. The Balaban J connectivity index is 1.67. The number of benzene rings is 1. The lowest BCUT2D eigenvalue weighted by molar-refractivity contribution is 0.238. The van der Waals surface area contributed by atoms with Crippen LogP contribution in [0, 0.1) is 6.92 Å². The van der Waals surface area contributed by atoms with E-state index in [-0.39, 0.29) is 5.43 Å². The van der Waals surface area contributed by atoms with Crippen molar-refractivity contribution < 1.29 is 9.47 Å². The molecule has 0 saturated carbocycles. The van der Waals surface area contributed by atoms with Gasteiger partial charge in [-0.25, -0.2) is 0 Å². The summed E-state index contributed by atoms with van der Waals surface area (Å²) in [4.78, 5) is 14.2. The molecular weight excluding hydrogens is 304 g/mol. The zero-order valence-corrected chi connectivity index (χ0v) is 14.3. The van der Waals surface area contributed by atoms with Crippen LogP contribution in [0.2, 0.25) is 0 Å². The lowest BCUT2D eigenvalue weighted by atomic mass is 10.2. The van der Waals surface area contributed by atoms with Crippen LogP contribution < -0.4 is 14.9 Å². The summed E-state index contributed by atoms with van der Waals surface area (Å²) in [7, 11) is 1.52. The zero-order valence-electron chi connectivity index (χ0n) is 14.3. The number of hydrogen-bond acceptors (Lipinski definition) is 4. The zero-order chi connectivity index (χ0) is 16.9. The van der Waals surface area contributed by atoms with Gasteiger partial charge in [0.15, 0.2) is 5.75 Å². The summed E-state index contributed by atoms with van der Waals surface area (Å²) in [6.07, 6.45) is 4.37. The molecule has 1 aromatic carbocycles. The van der Waals surface area contributed by atoms with E-state index in [1.54, 1.807) is 6.20 Å². The minimum absolute atomic E-state index is 0.104. The summed E-state index contributed by atoms with van der Waals surface area (Å²) in [5, 5.41) is 0. The van der Waals surface area contributed by atoms with Gasteiger partial charge in [-0.3, -0.25) is 9.69 Å². The smallest absolute Gasteiger partial charge is 0.223 e. The summed E-state index contributed by atoms with van der Waals surface area (Å²) >= 11 is 0. The van der Waals surface area contributed by atoms with E-state index in [9.17, 15) is 4.79 Å². The number of ether oxygens (including phenoxy) is 2. The predicted molar refractivity (Wildman–Crippen MR) is 94.5 cm³/mol. The third-order valence-electron chi connectivity index (χ3n) is 4.48. The van der Waals surface area contributed by atoms with Gasteiger partial charge in [-0.05, 0) is 57.1 Å². The van der Waals surface area contributed by atoms with Gasteiger partial charge in [0.2, 0.25) is 5.43 Å². The minimum atomic E-state index is -0.104. The highest BCUT2D eigenvalue weighted by atomic mass is 16.5. The fraction of sp³-hybridized carbons (Fsp3) is 0.421. The van der Waals surface area contributed by atoms with E-state index in [0.717, 1.165) is 23.7 Å². The van der Waals surface area contributed by atoms with Crippen LogP contribution in [0.3, 0.4) is 0 Å². The maximum Gasteiger partial charge on any atom is 0.223 e. The molecule has 0 radical (unpaired) electrons. The van der Waals surface area contributed by atoms with Crippen molar-refractivity contribution in [2.75, 3.05) is 33.4 Å². The third-order valence-corrected chi connectivity index (χ3v) is 4.48. The van der Waals surface area contributed by atoms with Gasteiger partial charge >= 0.3 is 0 Å². The van der Waals surface area contributed by atoms with Gasteiger partial charge in [-0.2, -0.15) is 0 Å². The molecule has 128 valence electrons. The van der Waals surface area contributed by atoms with E-state index >= 15 is 0 Å². The topological polar surface area (TPSA) is 43.7 Å². The van der Waals surface area contributed by atoms with Crippen LogP contribution in [-0.4, -0.2) is 42.8 Å². The van der Waals surface area contributed by atoms with Gasteiger partial charge in [0.25, 0.3) is 0 Å². The standard InChI is InChI=1S/C19H24N2O3/c1-15-19(23-2)18(22)9-12-21(15)16-5-7-17(8-6-16)24-14-13-20-10-3-4-11-20/h5-9,12H,3-4,10-11,13-14H2,1-2H3. The van der Waals surface area contributed by atoms with Crippen molar-refractivity contribution in [3.63, 3.8) is 0 Å². The number of hydrogen-bond donors (Lipinski definition) is 0. The molecule has 0 aliphatic carbocycles. The van der Waals surface area contributed by atoms with Crippen molar-refractivity contribution in [3.05, 3.63) is 52.4 Å². The molecule has 1 aromatic heterocycles. The van der Waals surface area contributed by atoms with E-state index in [4.69, 9.17) is 9.47 Å². The quantitative estimate of drug-likeness (QED) is 0.818. The van der Waals surface area contributed by atoms with Gasteiger partial charge < -0.3 is 14.0 Å². The first-order valence-corrected chi connectivity index (χ1v) is 8.41. The molecule has 0 atom stereocenters. The van der Waals surface area contributed by atoms with Crippen LogP contribution in [0.5, 0.6) is 11.5 Å². The Labute approximate surface area is 142 Å². The molecule has 5 heteroatoms. The van der Waals surface area contributed by atoms with Gasteiger partial charge in [0.05, 0.1) is 12.8 Å². The second kappa shape index (κ2) is 7.53. The first kappa shape index (κ1) is 16.6. The number of rotatable bonds is 6. The molecule has 1 aliphatic rings. The normalized spacial score (nSPS) is 14.8. The Hall–Kier alpha value is -2.27. The van der Waals surface area contributed by atoms with Crippen LogP contribution in [0.25, 0.3) is 5.69 Å². The molecule has 2 heterocycles. The number of nitrogens with zero attached hydrogens (tertiary/aromatic N) is 2. The van der Waals surface area contributed by atoms with E-state index in [1.165, 1.54) is 39.1 Å². The van der Waals surface area contributed by atoms with Crippen LogP contribution in [0.1, 0.15) is 18.5 Å². The van der Waals surface area contributed by atoms with Gasteiger partial charge in [-0.1, -0.05) is 0 Å². The molecule has 0 N–H and O–H groups in total. The molecule has 0 spiro atoms. The van der Waals surface area contributed by atoms with E-state index in [0.29, 0.717) is 12.4 Å². The molecular formula is C19H24N2O3. The first-order chi connectivity index (χ1) is 11.7. The third kappa shape index (κ3) is 3.62. The van der Waals surface area contributed by atoms with Gasteiger partial charge in [0, 0.05) is 24.5 Å². The molecule has 24 heavy (non-hydrogen) atoms. The Bertz CT molecular complexity index is 731. The number of methoxy groups -OCH3 is 1. The van der Waals surface area contributed by atoms with Crippen LogP contribution >= 0.6 is 0 Å². The molecule has 2 aromatic rings. The largest absolute Gasteiger partial charge is 0.492 e. The van der Waals surface area contributed by atoms with Gasteiger partial charge in [-0.15, -0.1) is 0 Å². The molecule has 0 bridgehead atoms. The maximum atomic E-state index is 11.8. The van der Waals surface area contributed by atoms with Crippen LogP contribution in [0.15, 0.2) is 41.3 Å². The summed E-state index contributed by atoms with van der Waals surface area (Å²) in [6, 6.07) is 9.42. The van der Waals surface area contributed by atoms with Crippen molar-refractivity contribution in [1.82, 2.24) is 9.47 Å². The fourth-order valence-corrected chi connectivity index (χ4v) is 3.15. The molecule has 3 rings (SSSR count). The molecule has 1 fully saturated rings. The van der Waals surface area contributed by atoms with Crippen molar-refractivity contribution >= 4 is 0 Å². The highest BCUT2D eigenvalue weighted by Gasteiger charge is 2.11. The summed E-state index contributed by atoms with van der Waals surface area (Å²) in [5.41, 5.74) is 1.65. The van der Waals surface area contributed by atoms with Crippen molar-refractivity contribution in [2.24, 2.45) is 0 Å². The molecule has 1 aliphatic heterocycles. The highest BCUT2D eigenvalue weighted by molar-refractivity contribution is 5.41. The van der Waals surface area contributed by atoms with E-state index in [2.05, 4.69) is 4.90 Å². The van der Waals surface area contributed by atoms with Crippen molar-refractivity contribution in [3.8, 4) is 17.2 Å². The minimum Gasteiger partial charge on any atom is -0.492 e. The van der Waals surface area contributed by atoms with Crippen LogP contribution in [0.4, 0.5) is 0 Å². The average Bonchev–Trinajstić information content (AvgIpc) is 3.10. The second-order valence-electron chi connectivity index (χ2n) is 6.06. The number of aromatic nitrogens is 1. The maximum absolute atomic E-state index is 11.8. The van der Waals surface area contributed by atoms with E-state index in [1.807, 2.05) is 35.8 Å². The number of pyridine rings is 1. The van der Waals surface area contributed by atoms with Crippen LogP contribution in [-0.2, 0) is 0 Å². The molecule has 0 unspecified atom stereocenters. The number of likely N-dealkylation sites (tertiary alicyclic amines) is 1. The summed E-state index contributed by atoms with van der Waals surface area (Å²) in [5.74, 6) is 1.24. The Kier molecular flexibility index (Phi) is 5.20. The van der Waals surface area contributed by atoms with Gasteiger partial charge in [0.1, 0.15) is 12.4 Å². The molecule has 1 saturated heterocycles. The Morgan fingerprint density at radius 1 is 1.08 bits per heavy atom. The molecule has 0 amide bonds. The summed E-state index contributed by atoms with van der Waals surface area (Å²) in [6.45, 7) is 5.95. The Morgan fingerprint density at radius 2 is 1.79 bits per heavy atom. The SMILES string of the molecule is COc1c(C)n(-c2ccc(OCCN3CCCC3)cc2)ccc1=O. The monoisotopic (exact) mass is 328 g/mol. The van der Waals surface area contributed by atoms with Crippen molar-refractivity contribution in [1.29, 1.82) is 0 Å². The Morgan fingerprint density at radius 3 is 2.46 bits per heavy atom. The fourth-order valence-electron chi connectivity index (χ4n) is 3.15. The average molecular weight is 328 g/mol. The first-order valence-electron chi connectivity index (χ1n) is 8.41. The summed E-state index contributed by atoms with van der Waals surface area (Å²) < 4.78 is 13.0. The molecule has 5 nitrogen and oxygen atoms in total. The lowest BCUT2D eigenvalue weighted by Gasteiger charge is -2.16. The van der Waals surface area contributed by atoms with Crippen molar-refractivity contribution in [2.45, 2.75) is 19.8 Å². The lowest BCUT2D eigenvalue weighted by Crippen LogP contribution is -2.25. The van der Waals surface area contributed by atoms with E-state index < -0.39 is 0 Å². The predicted octanol–water partition coefficient (Wildman–Crippen LogP) is 2.63.